The lowest BCUT2D eigenvalue weighted by Gasteiger charge is -2.25. The first-order valence-electron chi connectivity index (χ1n) is 12.2. The van der Waals surface area contributed by atoms with Gasteiger partial charge in [0, 0.05) is 19.6 Å². The molecule has 1 fully saturated rings. The fourth-order valence-corrected chi connectivity index (χ4v) is 4.25. The highest BCUT2D eigenvalue weighted by Crippen LogP contribution is 2.28. The van der Waals surface area contributed by atoms with Crippen molar-refractivity contribution >= 4 is 12.1 Å². The normalized spacial score (nSPS) is 14.3. The molecule has 8 nitrogen and oxygen atoms in total. The Hall–Kier alpha value is -3.26. The van der Waals surface area contributed by atoms with Crippen LogP contribution in [0.4, 0.5) is 4.79 Å². The van der Waals surface area contributed by atoms with Crippen molar-refractivity contribution in [1.29, 1.82) is 0 Å². The summed E-state index contributed by atoms with van der Waals surface area (Å²) < 4.78 is 22.1. The maximum Gasteiger partial charge on any atom is 0.415 e. The van der Waals surface area contributed by atoms with Crippen molar-refractivity contribution in [1.82, 2.24) is 4.90 Å². The SMILES string of the molecule is CCOC(Cc1ccc(OCCN(CC2CCCC2)C(=O)Oc2ccccc2OC)cc1)C(=O)O. The third-order valence-electron chi connectivity index (χ3n) is 6.10. The van der Waals surface area contributed by atoms with E-state index in [0.29, 0.717) is 49.5 Å². The van der Waals surface area contributed by atoms with Crippen LogP contribution in [-0.4, -0.2) is 61.6 Å². The quantitative estimate of drug-likeness (QED) is 0.436. The minimum absolute atomic E-state index is 0.285. The van der Waals surface area contributed by atoms with Gasteiger partial charge in [0.25, 0.3) is 0 Å². The minimum Gasteiger partial charge on any atom is -0.493 e. The zero-order valence-corrected chi connectivity index (χ0v) is 20.5. The molecular formula is C27H35NO7. The number of para-hydroxylation sites is 2. The van der Waals surface area contributed by atoms with Gasteiger partial charge in [-0.05, 0) is 55.5 Å². The van der Waals surface area contributed by atoms with Gasteiger partial charge in [-0.3, -0.25) is 0 Å². The number of ether oxygens (including phenoxy) is 4. The molecule has 1 saturated carbocycles. The van der Waals surface area contributed by atoms with Crippen molar-refractivity contribution < 1.29 is 33.6 Å². The van der Waals surface area contributed by atoms with Crippen molar-refractivity contribution in [2.24, 2.45) is 5.92 Å². The van der Waals surface area contributed by atoms with Gasteiger partial charge < -0.3 is 29.0 Å². The number of carbonyl (C=O) groups is 2. The summed E-state index contributed by atoms with van der Waals surface area (Å²) in [5.74, 6) is 1.03. The van der Waals surface area contributed by atoms with Crippen LogP contribution in [0.25, 0.3) is 0 Å². The molecule has 0 aliphatic heterocycles. The summed E-state index contributed by atoms with van der Waals surface area (Å²) in [5.41, 5.74) is 0.849. The van der Waals surface area contributed by atoms with Crippen LogP contribution in [0, 0.1) is 5.92 Å². The summed E-state index contributed by atoms with van der Waals surface area (Å²) in [6.45, 7) is 3.44. The highest BCUT2D eigenvalue weighted by Gasteiger charge is 2.24. The van der Waals surface area contributed by atoms with Crippen LogP contribution in [0.1, 0.15) is 38.2 Å². The number of carbonyl (C=O) groups excluding carboxylic acids is 1. The van der Waals surface area contributed by atoms with Crippen molar-refractivity contribution in [2.45, 2.75) is 45.1 Å². The van der Waals surface area contributed by atoms with Crippen LogP contribution in [0.3, 0.4) is 0 Å². The van der Waals surface area contributed by atoms with Gasteiger partial charge in [0.05, 0.1) is 13.7 Å². The molecule has 1 atom stereocenters. The minimum atomic E-state index is -0.977. The third-order valence-corrected chi connectivity index (χ3v) is 6.10. The smallest absolute Gasteiger partial charge is 0.415 e. The molecule has 1 N–H and O–H groups in total. The first-order valence-corrected chi connectivity index (χ1v) is 12.2. The van der Waals surface area contributed by atoms with Crippen molar-refractivity contribution in [3.05, 3.63) is 54.1 Å². The number of benzene rings is 2. The Morgan fingerprint density at radius 3 is 2.37 bits per heavy atom. The lowest BCUT2D eigenvalue weighted by molar-refractivity contribution is -0.149. The average Bonchev–Trinajstić information content (AvgIpc) is 3.37. The van der Waals surface area contributed by atoms with E-state index in [4.69, 9.17) is 18.9 Å². The molecule has 0 saturated heterocycles. The number of amides is 1. The van der Waals surface area contributed by atoms with Gasteiger partial charge >= 0.3 is 12.1 Å². The summed E-state index contributed by atoms with van der Waals surface area (Å²) in [6, 6.07) is 14.3. The maximum atomic E-state index is 13.0. The molecule has 0 aromatic heterocycles. The van der Waals surface area contributed by atoms with Gasteiger partial charge in [-0.15, -0.1) is 0 Å². The Labute approximate surface area is 206 Å². The van der Waals surface area contributed by atoms with E-state index in [0.717, 1.165) is 18.4 Å². The number of hydrogen-bond acceptors (Lipinski definition) is 6. The summed E-state index contributed by atoms with van der Waals surface area (Å²) in [4.78, 5) is 26.0. The van der Waals surface area contributed by atoms with Crippen molar-refractivity contribution in [2.75, 3.05) is 33.4 Å². The standard InChI is InChI=1S/C27H35NO7/c1-3-33-25(26(29)30)18-20-12-14-22(15-13-20)34-17-16-28(19-21-8-4-5-9-21)27(31)35-24-11-7-6-10-23(24)32-2/h6-7,10-15,21,25H,3-5,8-9,16-19H2,1-2H3,(H,29,30). The van der Waals surface area contributed by atoms with Crippen LogP contribution in [0.2, 0.25) is 0 Å². The van der Waals surface area contributed by atoms with E-state index in [9.17, 15) is 14.7 Å². The molecule has 2 aromatic carbocycles. The van der Waals surface area contributed by atoms with E-state index in [1.807, 2.05) is 18.2 Å². The van der Waals surface area contributed by atoms with E-state index in [1.54, 1.807) is 49.3 Å². The van der Waals surface area contributed by atoms with Gasteiger partial charge in [-0.1, -0.05) is 37.1 Å². The second kappa shape index (κ2) is 13.6. The number of methoxy groups -OCH3 is 1. The number of hydrogen-bond donors (Lipinski definition) is 1. The first kappa shape index (κ1) is 26.3. The predicted octanol–water partition coefficient (Wildman–Crippen LogP) is 4.80. The fraction of sp³-hybridized carbons (Fsp3) is 0.481. The van der Waals surface area contributed by atoms with Crippen LogP contribution < -0.4 is 14.2 Å². The highest BCUT2D eigenvalue weighted by molar-refractivity contribution is 5.73. The molecule has 0 radical (unpaired) electrons. The van der Waals surface area contributed by atoms with Crippen LogP contribution in [0.15, 0.2) is 48.5 Å². The van der Waals surface area contributed by atoms with Gasteiger partial charge in [-0.25, -0.2) is 9.59 Å². The molecule has 0 bridgehead atoms. The predicted molar refractivity (Wildman–Crippen MR) is 131 cm³/mol. The third kappa shape index (κ3) is 8.17. The Morgan fingerprint density at radius 2 is 1.74 bits per heavy atom. The largest absolute Gasteiger partial charge is 0.493 e. The Balaban J connectivity index is 1.56. The molecule has 35 heavy (non-hydrogen) atoms. The zero-order valence-electron chi connectivity index (χ0n) is 20.5. The molecule has 0 spiro atoms. The number of carboxylic acids is 1. The molecule has 190 valence electrons. The molecule has 1 aliphatic carbocycles. The molecule has 3 rings (SSSR count). The number of rotatable bonds is 13. The first-order chi connectivity index (χ1) is 17.0. The van der Waals surface area contributed by atoms with Crippen molar-refractivity contribution in [3.63, 3.8) is 0 Å². The second-order valence-electron chi connectivity index (χ2n) is 8.59. The molecule has 1 aliphatic rings. The van der Waals surface area contributed by atoms with E-state index >= 15 is 0 Å². The molecule has 8 heteroatoms. The summed E-state index contributed by atoms with van der Waals surface area (Å²) in [7, 11) is 1.54. The Morgan fingerprint density at radius 1 is 1.06 bits per heavy atom. The molecule has 0 heterocycles. The number of nitrogens with zero attached hydrogens (tertiary/aromatic N) is 1. The Bertz CT molecular complexity index is 941. The monoisotopic (exact) mass is 485 g/mol. The van der Waals surface area contributed by atoms with E-state index < -0.39 is 18.2 Å². The van der Waals surface area contributed by atoms with Crippen molar-refractivity contribution in [3.8, 4) is 17.2 Å². The Kier molecular flexibility index (Phi) is 10.2. The van der Waals surface area contributed by atoms with Gasteiger partial charge in [0.1, 0.15) is 12.4 Å². The molecular weight excluding hydrogens is 450 g/mol. The molecule has 1 amide bonds. The second-order valence-corrected chi connectivity index (χ2v) is 8.59. The summed E-state index contributed by atoms with van der Waals surface area (Å²) >= 11 is 0. The van der Waals surface area contributed by atoms with Gasteiger partial charge in [-0.2, -0.15) is 0 Å². The highest BCUT2D eigenvalue weighted by atomic mass is 16.6. The van der Waals surface area contributed by atoms with Gasteiger partial charge in [0.2, 0.25) is 0 Å². The fourth-order valence-electron chi connectivity index (χ4n) is 4.25. The lowest BCUT2D eigenvalue weighted by atomic mass is 10.1. The van der Waals surface area contributed by atoms with Crippen LogP contribution in [0.5, 0.6) is 17.2 Å². The maximum absolute atomic E-state index is 13.0. The summed E-state index contributed by atoms with van der Waals surface area (Å²) in [5, 5.41) is 9.26. The number of aliphatic carboxylic acids is 1. The topological polar surface area (TPSA) is 94.5 Å². The zero-order chi connectivity index (χ0) is 25.0. The van der Waals surface area contributed by atoms with Crippen LogP contribution in [-0.2, 0) is 16.0 Å². The lowest BCUT2D eigenvalue weighted by Crippen LogP contribution is -2.39. The van der Waals surface area contributed by atoms with Crippen LogP contribution >= 0.6 is 0 Å². The molecule has 1 unspecified atom stereocenters. The van der Waals surface area contributed by atoms with Gasteiger partial charge in [0.15, 0.2) is 17.6 Å². The van der Waals surface area contributed by atoms with E-state index in [-0.39, 0.29) is 6.42 Å². The van der Waals surface area contributed by atoms with E-state index in [2.05, 4.69) is 0 Å². The average molecular weight is 486 g/mol. The number of carboxylic acid groups (broad SMARTS) is 1. The van der Waals surface area contributed by atoms with E-state index in [1.165, 1.54) is 12.8 Å². The molecule has 2 aromatic rings. The summed E-state index contributed by atoms with van der Waals surface area (Å²) in [6.07, 6.45) is 3.60.